The minimum atomic E-state index is -0.917. The Labute approximate surface area is 465 Å². The van der Waals surface area contributed by atoms with Gasteiger partial charge in [0.2, 0.25) is 23.6 Å². The predicted molar refractivity (Wildman–Crippen MR) is 298 cm³/mol. The summed E-state index contributed by atoms with van der Waals surface area (Å²) in [5.41, 5.74) is 11.1. The van der Waals surface area contributed by atoms with Crippen LogP contribution in [0.5, 0.6) is 0 Å². The van der Waals surface area contributed by atoms with E-state index >= 15 is 0 Å². The van der Waals surface area contributed by atoms with Crippen molar-refractivity contribution in [1.82, 2.24) is 45.3 Å². The summed E-state index contributed by atoms with van der Waals surface area (Å²) < 4.78 is 5.91. The van der Waals surface area contributed by atoms with Crippen molar-refractivity contribution in [2.24, 2.45) is 22.5 Å². The third-order valence-corrected chi connectivity index (χ3v) is 18.9. The van der Waals surface area contributed by atoms with E-state index in [0.717, 1.165) is 52.5 Å². The summed E-state index contributed by atoms with van der Waals surface area (Å²) in [6.07, 6.45) is 6.42. The molecule has 9 rings (SSSR count). The number of piperidine rings is 2. The first-order valence-corrected chi connectivity index (χ1v) is 29.1. The first kappa shape index (κ1) is 56.7. The smallest absolute Gasteiger partial charge is 0.246 e. The van der Waals surface area contributed by atoms with Gasteiger partial charge in [0, 0.05) is 107 Å². The summed E-state index contributed by atoms with van der Waals surface area (Å²) in [5.74, 6) is 0.278. The lowest BCUT2D eigenvalue weighted by Gasteiger charge is -2.41. The zero-order valence-corrected chi connectivity index (χ0v) is 47.5. The molecule has 22 heteroatoms. The van der Waals surface area contributed by atoms with Crippen LogP contribution in [-0.4, -0.2) is 171 Å². The van der Waals surface area contributed by atoms with Crippen LogP contribution in [0.15, 0.2) is 58.2 Å². The second kappa shape index (κ2) is 24.2. The molecule has 77 heavy (non-hydrogen) atoms. The first-order chi connectivity index (χ1) is 36.8. The van der Waals surface area contributed by atoms with E-state index in [1.54, 1.807) is 23.7 Å². The van der Waals surface area contributed by atoms with Gasteiger partial charge in [0.05, 0.1) is 58.8 Å². The van der Waals surface area contributed by atoms with Crippen LogP contribution in [0.4, 0.5) is 11.6 Å². The van der Waals surface area contributed by atoms with Gasteiger partial charge in [-0.25, -0.2) is 19.9 Å². The third kappa shape index (κ3) is 12.7. The van der Waals surface area contributed by atoms with Crippen molar-refractivity contribution in [3.05, 3.63) is 70.2 Å². The van der Waals surface area contributed by atoms with Gasteiger partial charge in [-0.15, -0.1) is 11.3 Å². The molecule has 4 aromatic rings. The monoisotopic (exact) mass is 1110 g/mol. The second-order valence-electron chi connectivity index (χ2n) is 22.6. The number of carbonyl (C=O) groups is 4. The van der Waals surface area contributed by atoms with Crippen molar-refractivity contribution < 1.29 is 34.1 Å². The van der Waals surface area contributed by atoms with Crippen LogP contribution in [0, 0.1) is 23.7 Å². The summed E-state index contributed by atoms with van der Waals surface area (Å²) in [6, 6.07) is 7.79. The number of piperazine rings is 1. The third-order valence-electron chi connectivity index (χ3n) is 16.4. The van der Waals surface area contributed by atoms with Crippen LogP contribution < -0.4 is 26.2 Å². The van der Waals surface area contributed by atoms with Crippen LogP contribution in [0.25, 0.3) is 10.4 Å². The van der Waals surface area contributed by atoms with Crippen molar-refractivity contribution in [3.63, 3.8) is 0 Å². The number of nitrogens with zero attached hydrogens (tertiary/aromatic N) is 9. The predicted octanol–water partition coefficient (Wildman–Crippen LogP) is 5.05. The lowest BCUT2D eigenvalue weighted by atomic mass is 9.73. The lowest BCUT2D eigenvalue weighted by Crippen LogP contribution is -2.57. The molecule has 6 N–H and O–H groups in total. The summed E-state index contributed by atoms with van der Waals surface area (Å²) in [6.45, 7) is 17.4. The molecule has 5 aliphatic heterocycles. The van der Waals surface area contributed by atoms with Gasteiger partial charge in [-0.1, -0.05) is 68.4 Å². The number of nitrogens with one attached hydrogen (secondary N) is 2. The standard InChI is InChI=1S/C55H75ClN12O7S2/c1-33-46(76-32-60-33)37-9-7-36(8-10-37)40(63-51(72)42-27-39(71)29-68(42)53(74)48(54(4,5)6)61-35(3)70)14-18-64-23-25-67(26-24-64)52(73)38-12-19-65(20-13-38)50-45(56)43(11-17-58-50)77-44-28-59-49(41(30-69)62-44)66-21-15-55(16-22-66)31-75-34(2)47(55)57/h7-11,17,28,32,34,38-40,42,47-48,69,71H,12-16,18-27,29-31,57H2,1-6H3,(H,61,70)(H,63,72)/t34-,39+,40-,42-,47+,48+/m0/s1. The van der Waals surface area contributed by atoms with Crippen LogP contribution in [-0.2, 0) is 30.5 Å². The van der Waals surface area contributed by atoms with Crippen LogP contribution >= 0.6 is 34.7 Å². The SMILES string of the molecule is CC(=O)N[C@H](C(=O)N1C[C@H](O)C[C@H]1C(=O)N[C@@H](CCN1CCN(C(=O)C2CCN(c3nccc(Sc4cnc(N5CCC6(CC5)CO[C@@H](C)[C@H]6N)c(CO)n4)c3Cl)CC2)CC1)c1ccc(-c2scnc2C)cc1)C(C)(C)C. The van der Waals surface area contributed by atoms with Crippen molar-refractivity contribution in [1.29, 1.82) is 0 Å². The number of aryl methyl sites for hydroxylation is 1. The van der Waals surface area contributed by atoms with Gasteiger partial charge < -0.3 is 50.9 Å². The second-order valence-corrected chi connectivity index (χ2v) is 24.9. The molecular formula is C55H75ClN12O7S2. The number of hydrogen-bond donors (Lipinski definition) is 5. The maximum Gasteiger partial charge on any atom is 0.246 e. The zero-order valence-electron chi connectivity index (χ0n) is 45.1. The lowest BCUT2D eigenvalue weighted by molar-refractivity contribution is -0.144. The average molecular weight is 1120 g/mol. The Morgan fingerprint density at radius 3 is 2.29 bits per heavy atom. The van der Waals surface area contributed by atoms with Gasteiger partial charge in [0.1, 0.15) is 28.6 Å². The number of nitrogens with two attached hydrogens (primary N) is 1. The fourth-order valence-electron chi connectivity index (χ4n) is 11.7. The quantitative estimate of drug-likeness (QED) is 0.105. The minimum absolute atomic E-state index is 0.00590. The van der Waals surface area contributed by atoms with E-state index in [9.17, 15) is 29.4 Å². The number of pyridine rings is 1. The number of hydrogen-bond acceptors (Lipinski definition) is 17. The van der Waals surface area contributed by atoms with E-state index in [4.69, 9.17) is 32.0 Å². The number of ether oxygens (including phenoxy) is 1. The van der Waals surface area contributed by atoms with E-state index in [0.29, 0.717) is 99.1 Å². The van der Waals surface area contributed by atoms with Gasteiger partial charge in [-0.05, 0) is 68.6 Å². The van der Waals surface area contributed by atoms with Gasteiger partial charge in [-0.2, -0.15) is 0 Å². The Morgan fingerprint density at radius 1 is 0.961 bits per heavy atom. The Morgan fingerprint density at radius 2 is 1.66 bits per heavy atom. The number of amides is 4. The molecule has 6 atom stereocenters. The summed E-state index contributed by atoms with van der Waals surface area (Å²) in [7, 11) is 0. The van der Waals surface area contributed by atoms with E-state index < -0.39 is 35.6 Å². The molecule has 8 heterocycles. The highest BCUT2D eigenvalue weighted by Gasteiger charge is 2.48. The number of likely N-dealkylation sites (tertiary alicyclic amines) is 1. The molecular weight excluding hydrogens is 1040 g/mol. The van der Waals surface area contributed by atoms with Gasteiger partial charge in [0.15, 0.2) is 5.82 Å². The normalized spacial score (nSPS) is 23.1. The summed E-state index contributed by atoms with van der Waals surface area (Å²) in [4.78, 5) is 85.2. The average Bonchev–Trinajstić information content (AvgIpc) is 4.16. The molecule has 0 bridgehead atoms. The van der Waals surface area contributed by atoms with Crippen molar-refractivity contribution >= 4 is 70.0 Å². The minimum Gasteiger partial charge on any atom is -0.391 e. The molecule has 0 aliphatic carbocycles. The van der Waals surface area contributed by atoms with Gasteiger partial charge in [0.25, 0.3) is 0 Å². The fourth-order valence-corrected chi connectivity index (χ4v) is 13.7. The first-order valence-electron chi connectivity index (χ1n) is 27.1. The molecule has 5 fully saturated rings. The highest BCUT2D eigenvalue weighted by atomic mass is 35.5. The number of anilines is 2. The number of rotatable bonds is 15. The number of aliphatic hydroxyl groups excluding tert-OH is 2. The Kier molecular flexibility index (Phi) is 17.8. The molecule has 4 amide bonds. The molecule has 19 nitrogen and oxygen atoms in total. The Hall–Kier alpha value is -5.00. The number of thiazole rings is 1. The highest BCUT2D eigenvalue weighted by Crippen LogP contribution is 2.43. The van der Waals surface area contributed by atoms with Crippen LogP contribution in [0.1, 0.15) is 96.1 Å². The van der Waals surface area contributed by atoms with Crippen molar-refractivity contribution in [3.8, 4) is 10.4 Å². The zero-order chi connectivity index (χ0) is 54.8. The Balaban J connectivity index is 0.782. The number of carbonyl (C=O) groups excluding carboxylic acids is 4. The topological polar surface area (TPSA) is 236 Å². The van der Waals surface area contributed by atoms with E-state index in [1.807, 2.05) is 75.4 Å². The number of halogens is 1. The van der Waals surface area contributed by atoms with E-state index in [2.05, 4.69) is 35.3 Å². The largest absolute Gasteiger partial charge is 0.391 e. The Bertz CT molecular complexity index is 2740. The number of aromatic nitrogens is 4. The molecule has 5 saturated heterocycles. The molecule has 416 valence electrons. The van der Waals surface area contributed by atoms with Gasteiger partial charge in [-0.3, -0.25) is 24.1 Å². The molecule has 0 saturated carbocycles. The molecule has 1 aromatic carbocycles. The maximum atomic E-state index is 14.3. The van der Waals surface area contributed by atoms with Crippen LogP contribution in [0.2, 0.25) is 5.02 Å². The van der Waals surface area contributed by atoms with E-state index in [-0.39, 0.29) is 60.8 Å². The number of β-amino-alcohol motifs (C(OH)–C–C–N with tert-alkyl or cyclic N) is 1. The molecule has 1 spiro atoms. The number of aliphatic hydroxyl groups is 2. The molecule has 3 aromatic heterocycles. The van der Waals surface area contributed by atoms with Crippen LogP contribution in [0.3, 0.4) is 0 Å². The summed E-state index contributed by atoms with van der Waals surface area (Å²) in [5, 5.41) is 28.4. The fraction of sp³-hybridized carbons (Fsp3) is 0.600. The molecule has 0 radical (unpaired) electrons. The molecule has 0 unspecified atom stereocenters. The number of benzene rings is 1. The highest BCUT2D eigenvalue weighted by molar-refractivity contribution is 7.99. The molecule has 5 aliphatic rings. The van der Waals surface area contributed by atoms with Crippen molar-refractivity contribution in [2.75, 3.05) is 81.9 Å². The maximum absolute atomic E-state index is 14.3. The summed E-state index contributed by atoms with van der Waals surface area (Å²) >= 11 is 10.0. The van der Waals surface area contributed by atoms with Crippen molar-refractivity contribution in [2.45, 2.75) is 133 Å². The van der Waals surface area contributed by atoms with Gasteiger partial charge >= 0.3 is 0 Å². The van der Waals surface area contributed by atoms with E-state index in [1.165, 1.54) is 23.6 Å².